The maximum absolute atomic E-state index is 13.0. The van der Waals surface area contributed by atoms with Crippen LogP contribution in [0, 0.1) is 0 Å². The van der Waals surface area contributed by atoms with Gasteiger partial charge in [-0.2, -0.15) is 13.2 Å². The minimum Gasteiger partial charge on any atom is -0.370 e. The Kier molecular flexibility index (Phi) is 8.26. The van der Waals surface area contributed by atoms with Crippen molar-refractivity contribution in [2.24, 2.45) is 21.5 Å². The molecule has 0 spiro atoms. The number of nitrogens with zero attached hydrogens (tertiary/aromatic N) is 4. The van der Waals surface area contributed by atoms with Crippen LogP contribution in [-0.2, 0) is 12.6 Å². The molecule has 0 radical (unpaired) electrons. The van der Waals surface area contributed by atoms with E-state index in [1.807, 2.05) is 4.90 Å². The van der Waals surface area contributed by atoms with Crippen molar-refractivity contribution in [1.82, 2.24) is 9.80 Å². The maximum Gasteiger partial charge on any atom is 0.416 e. The average molecular weight is 453 g/mol. The first kappa shape index (κ1) is 24.2. The molecule has 0 unspecified atom stereocenters. The largest absolute Gasteiger partial charge is 0.416 e. The van der Waals surface area contributed by atoms with Gasteiger partial charge in [-0.3, -0.25) is 4.99 Å². The number of halogens is 3. The van der Waals surface area contributed by atoms with Gasteiger partial charge < -0.3 is 21.3 Å². The number of aliphatic imine (C=N–C) groups is 2. The van der Waals surface area contributed by atoms with Crippen molar-refractivity contribution in [2.45, 2.75) is 70.1 Å². The van der Waals surface area contributed by atoms with Crippen LogP contribution in [0.25, 0.3) is 0 Å². The van der Waals surface area contributed by atoms with Crippen LogP contribution in [0.5, 0.6) is 0 Å². The lowest BCUT2D eigenvalue weighted by atomic mass is 10.1. The normalized spacial score (nSPS) is 21.2. The highest BCUT2D eigenvalue weighted by molar-refractivity contribution is 5.80. The van der Waals surface area contributed by atoms with Crippen LogP contribution in [0.4, 0.5) is 13.2 Å². The summed E-state index contributed by atoms with van der Waals surface area (Å²) in [7, 11) is 0. The van der Waals surface area contributed by atoms with Gasteiger partial charge in [-0.25, -0.2) is 4.99 Å². The van der Waals surface area contributed by atoms with Crippen molar-refractivity contribution in [2.75, 3.05) is 26.2 Å². The van der Waals surface area contributed by atoms with E-state index in [-0.39, 0.29) is 6.04 Å². The van der Waals surface area contributed by atoms with Crippen molar-refractivity contribution in [3.8, 4) is 0 Å². The highest BCUT2D eigenvalue weighted by atomic mass is 19.4. The number of guanidine groups is 2. The molecule has 9 heteroatoms. The summed E-state index contributed by atoms with van der Waals surface area (Å²) >= 11 is 0. The Morgan fingerprint density at radius 2 is 1.88 bits per heavy atom. The van der Waals surface area contributed by atoms with Crippen molar-refractivity contribution >= 4 is 11.9 Å². The van der Waals surface area contributed by atoms with E-state index in [1.54, 1.807) is 6.07 Å². The average Bonchev–Trinajstić information content (AvgIpc) is 3.29. The van der Waals surface area contributed by atoms with Gasteiger partial charge in [0.05, 0.1) is 24.2 Å². The molecular formula is C23H35F3N6. The van der Waals surface area contributed by atoms with Gasteiger partial charge in [0.15, 0.2) is 11.9 Å². The fourth-order valence-electron chi connectivity index (χ4n) is 4.41. The topological polar surface area (TPSA) is 83.2 Å². The van der Waals surface area contributed by atoms with Crippen molar-refractivity contribution in [3.63, 3.8) is 0 Å². The van der Waals surface area contributed by atoms with E-state index in [0.29, 0.717) is 43.0 Å². The molecular weight excluding hydrogens is 417 g/mol. The maximum atomic E-state index is 13.0. The first-order valence-corrected chi connectivity index (χ1v) is 11.6. The first-order valence-electron chi connectivity index (χ1n) is 11.6. The lowest BCUT2D eigenvalue weighted by Crippen LogP contribution is -2.42. The van der Waals surface area contributed by atoms with Gasteiger partial charge in [0.25, 0.3) is 0 Å². The monoisotopic (exact) mass is 452 g/mol. The molecule has 0 saturated carbocycles. The zero-order chi connectivity index (χ0) is 23.1. The Morgan fingerprint density at radius 3 is 2.62 bits per heavy atom. The fourth-order valence-corrected chi connectivity index (χ4v) is 4.41. The van der Waals surface area contributed by atoms with Crippen LogP contribution in [0.3, 0.4) is 0 Å². The summed E-state index contributed by atoms with van der Waals surface area (Å²) in [5.74, 6) is 1.14. The molecule has 32 heavy (non-hydrogen) atoms. The molecule has 178 valence electrons. The van der Waals surface area contributed by atoms with Gasteiger partial charge in [-0.05, 0) is 43.7 Å². The van der Waals surface area contributed by atoms with Crippen LogP contribution >= 0.6 is 0 Å². The smallest absolute Gasteiger partial charge is 0.370 e. The van der Waals surface area contributed by atoms with Gasteiger partial charge in [-0.1, -0.05) is 38.0 Å². The number of rotatable bonds is 11. The van der Waals surface area contributed by atoms with Crippen LogP contribution in [0.1, 0.15) is 56.6 Å². The third-order valence-corrected chi connectivity index (χ3v) is 6.27. The molecule has 0 fully saturated rings. The molecule has 0 bridgehead atoms. The van der Waals surface area contributed by atoms with E-state index in [0.717, 1.165) is 44.8 Å². The molecule has 2 atom stereocenters. The minimum absolute atomic E-state index is 0.197. The molecule has 1 aromatic rings. The number of benzene rings is 1. The molecule has 0 aliphatic carbocycles. The minimum atomic E-state index is -4.33. The van der Waals surface area contributed by atoms with Gasteiger partial charge >= 0.3 is 6.18 Å². The second-order valence-corrected chi connectivity index (χ2v) is 8.72. The van der Waals surface area contributed by atoms with E-state index in [2.05, 4.69) is 21.8 Å². The number of hydrogen-bond donors (Lipinski definition) is 2. The Balaban J connectivity index is 1.42. The number of unbranched alkanes of at least 4 members (excludes halogenated alkanes) is 2. The second kappa shape index (κ2) is 10.9. The molecule has 2 aliphatic heterocycles. The SMILES string of the molecule is CCCC[C@H]1CN(CCCC[C@H]2CN=C(N)N2CCc2cccc(C(F)(F)F)c2)C(N)=N1. The van der Waals surface area contributed by atoms with Gasteiger partial charge in [0, 0.05) is 19.6 Å². The van der Waals surface area contributed by atoms with Crippen LogP contribution < -0.4 is 11.5 Å². The van der Waals surface area contributed by atoms with E-state index in [1.165, 1.54) is 25.0 Å². The Labute approximate surface area is 188 Å². The predicted molar refractivity (Wildman–Crippen MR) is 122 cm³/mol. The Morgan fingerprint density at radius 1 is 1.06 bits per heavy atom. The quantitative estimate of drug-likeness (QED) is 0.503. The van der Waals surface area contributed by atoms with Gasteiger partial charge in [-0.15, -0.1) is 0 Å². The van der Waals surface area contributed by atoms with Crippen molar-refractivity contribution < 1.29 is 13.2 Å². The number of alkyl halides is 3. The lowest BCUT2D eigenvalue weighted by Gasteiger charge is -2.27. The predicted octanol–water partition coefficient (Wildman–Crippen LogP) is 3.61. The summed E-state index contributed by atoms with van der Waals surface area (Å²) in [6.07, 6.45) is 2.57. The second-order valence-electron chi connectivity index (χ2n) is 8.72. The zero-order valence-electron chi connectivity index (χ0n) is 18.8. The summed E-state index contributed by atoms with van der Waals surface area (Å²) in [5, 5.41) is 0. The van der Waals surface area contributed by atoms with Crippen LogP contribution in [0.2, 0.25) is 0 Å². The fraction of sp³-hybridized carbons (Fsp3) is 0.652. The summed E-state index contributed by atoms with van der Waals surface area (Å²) in [6.45, 7) is 5.19. The summed E-state index contributed by atoms with van der Waals surface area (Å²) in [5.41, 5.74) is 12.2. The molecule has 3 rings (SSSR count). The molecule has 0 amide bonds. The van der Waals surface area contributed by atoms with Crippen molar-refractivity contribution in [1.29, 1.82) is 0 Å². The third-order valence-electron chi connectivity index (χ3n) is 6.27. The highest BCUT2D eigenvalue weighted by Gasteiger charge is 2.31. The Bertz CT molecular complexity index is 807. The summed E-state index contributed by atoms with van der Waals surface area (Å²) in [6, 6.07) is 6.02. The van der Waals surface area contributed by atoms with Gasteiger partial charge in [0.1, 0.15) is 0 Å². The summed E-state index contributed by atoms with van der Waals surface area (Å²) < 4.78 is 38.9. The molecule has 2 aliphatic rings. The lowest BCUT2D eigenvalue weighted by molar-refractivity contribution is -0.137. The first-order chi connectivity index (χ1) is 15.3. The van der Waals surface area contributed by atoms with Crippen LogP contribution in [-0.4, -0.2) is 60.0 Å². The number of nitrogens with two attached hydrogens (primary N) is 2. The number of hydrogen-bond acceptors (Lipinski definition) is 6. The molecule has 2 heterocycles. The van der Waals surface area contributed by atoms with E-state index in [4.69, 9.17) is 11.5 Å². The molecule has 1 aromatic carbocycles. The van der Waals surface area contributed by atoms with Crippen LogP contribution in [0.15, 0.2) is 34.3 Å². The van der Waals surface area contributed by atoms with Crippen molar-refractivity contribution in [3.05, 3.63) is 35.4 Å². The summed E-state index contributed by atoms with van der Waals surface area (Å²) in [4.78, 5) is 13.1. The third kappa shape index (κ3) is 6.53. The zero-order valence-corrected chi connectivity index (χ0v) is 18.8. The molecule has 6 nitrogen and oxygen atoms in total. The highest BCUT2D eigenvalue weighted by Crippen LogP contribution is 2.29. The van der Waals surface area contributed by atoms with E-state index < -0.39 is 11.7 Å². The van der Waals surface area contributed by atoms with Gasteiger partial charge in [0.2, 0.25) is 0 Å². The van der Waals surface area contributed by atoms with E-state index >= 15 is 0 Å². The molecule has 4 N–H and O–H groups in total. The standard InChI is InChI=1S/C23H35F3N6/c1-2-3-9-19-16-31(22(28)30-19)12-5-4-10-20-15-29-21(27)32(20)13-11-17-7-6-8-18(14-17)23(24,25)26/h6-8,14,19-20H,2-5,9-13,15-16H2,1H3,(H2,27,29)(H2,28,30)/t19-,20-/m0/s1. The molecule has 0 saturated heterocycles. The Hall–Kier alpha value is -2.45. The van der Waals surface area contributed by atoms with E-state index in [9.17, 15) is 13.2 Å². The molecule has 0 aromatic heterocycles.